The zero-order valence-electron chi connectivity index (χ0n) is 36.6. The highest BCUT2D eigenvalue weighted by molar-refractivity contribution is 5.86. The van der Waals surface area contributed by atoms with E-state index in [9.17, 15) is 5.11 Å². The van der Waals surface area contributed by atoms with Crippen molar-refractivity contribution in [1.82, 2.24) is 9.80 Å². The molecule has 0 saturated heterocycles. The molecule has 2 aliphatic carbocycles. The molecule has 0 aromatic heterocycles. The smallest absolute Gasteiger partial charge is 0.168 e. The molecule has 9 rings (SSSR count). The lowest BCUT2D eigenvalue weighted by atomic mass is 9.76. The standard InChI is InChI=1S/C29H33NO6.C20H23NO4/c1-31-22-8-6-7-9-23(22)36-13-12-30-11-10-18-15-26(34-4)29(35-5)28-20-17-25(33-3)24(32-2)16-19(20)14-21(30)27(18)28;1-21-6-5-11-8-17(25-4)20(22)19-13-10-16(24-3)15(23-2)9-12(13)7-14(21)18(11)19/h6-9,15-17,21H,10-14H2,1-5H3;8-10,14,22H,5-7H2,1-4H3. The summed E-state index contributed by atoms with van der Waals surface area (Å²) in [6.07, 6.45) is 3.63. The molecule has 61 heavy (non-hydrogen) atoms. The fraction of sp³-hybridized carbons (Fsp3) is 0.388. The summed E-state index contributed by atoms with van der Waals surface area (Å²) in [6.45, 7) is 3.28. The van der Waals surface area contributed by atoms with E-state index in [-0.39, 0.29) is 17.8 Å². The van der Waals surface area contributed by atoms with Gasteiger partial charge in [-0.15, -0.1) is 0 Å². The Balaban J connectivity index is 0.000000180. The number of phenols is 1. The predicted molar refractivity (Wildman–Crippen MR) is 234 cm³/mol. The normalized spacial score (nSPS) is 16.9. The van der Waals surface area contributed by atoms with E-state index in [0.29, 0.717) is 29.6 Å². The van der Waals surface area contributed by atoms with Gasteiger partial charge in [-0.3, -0.25) is 9.80 Å². The average Bonchev–Trinajstić information content (AvgIpc) is 3.30. The molecule has 322 valence electrons. The van der Waals surface area contributed by atoms with E-state index in [4.69, 9.17) is 42.6 Å². The molecule has 12 heteroatoms. The molecule has 2 heterocycles. The number of hydrogen-bond donors (Lipinski definition) is 1. The van der Waals surface area contributed by atoms with Gasteiger partial charge in [0, 0.05) is 42.8 Å². The summed E-state index contributed by atoms with van der Waals surface area (Å²) in [6, 6.07) is 20.5. The Morgan fingerprint density at radius 3 is 1.61 bits per heavy atom. The summed E-state index contributed by atoms with van der Waals surface area (Å²) < 4.78 is 50.9. The number of benzene rings is 5. The third kappa shape index (κ3) is 7.35. The first-order valence-electron chi connectivity index (χ1n) is 20.6. The Morgan fingerprint density at radius 1 is 0.525 bits per heavy atom. The molecule has 0 amide bonds. The quantitative estimate of drug-likeness (QED) is 0.131. The van der Waals surface area contributed by atoms with E-state index in [1.807, 2.05) is 42.5 Å². The second-order valence-corrected chi connectivity index (χ2v) is 15.6. The van der Waals surface area contributed by atoms with Gasteiger partial charge in [0.05, 0.1) is 56.9 Å². The van der Waals surface area contributed by atoms with E-state index < -0.39 is 0 Å². The highest BCUT2D eigenvalue weighted by Gasteiger charge is 2.39. The van der Waals surface area contributed by atoms with Crippen LogP contribution in [0.25, 0.3) is 22.3 Å². The van der Waals surface area contributed by atoms with Crippen molar-refractivity contribution in [2.75, 3.05) is 90.2 Å². The first-order valence-corrected chi connectivity index (χ1v) is 20.6. The van der Waals surface area contributed by atoms with Crippen molar-refractivity contribution in [2.45, 2.75) is 37.8 Å². The van der Waals surface area contributed by atoms with Crippen LogP contribution in [0.4, 0.5) is 0 Å². The molecular weight excluding hydrogens is 777 g/mol. The van der Waals surface area contributed by atoms with Crippen molar-refractivity contribution < 1.29 is 47.7 Å². The van der Waals surface area contributed by atoms with Gasteiger partial charge in [-0.1, -0.05) is 12.1 Å². The number of rotatable bonds is 12. The molecule has 5 aromatic rings. The molecule has 0 fully saturated rings. The maximum Gasteiger partial charge on any atom is 0.168 e. The van der Waals surface area contributed by atoms with Crippen molar-refractivity contribution in [3.8, 4) is 79.7 Å². The second kappa shape index (κ2) is 17.6. The lowest BCUT2D eigenvalue weighted by Gasteiger charge is -2.42. The van der Waals surface area contributed by atoms with E-state index in [1.165, 1.54) is 27.8 Å². The molecule has 2 unspecified atom stereocenters. The molecule has 1 N–H and O–H groups in total. The Labute approximate surface area is 358 Å². The van der Waals surface area contributed by atoms with Crippen LogP contribution in [0.15, 0.2) is 60.7 Å². The highest BCUT2D eigenvalue weighted by atomic mass is 16.5. The van der Waals surface area contributed by atoms with Crippen LogP contribution < -0.4 is 42.6 Å². The maximum absolute atomic E-state index is 10.9. The van der Waals surface area contributed by atoms with E-state index >= 15 is 0 Å². The van der Waals surface area contributed by atoms with Crippen LogP contribution in [0.2, 0.25) is 0 Å². The van der Waals surface area contributed by atoms with Gasteiger partial charge in [-0.25, -0.2) is 0 Å². The number of para-hydroxylation sites is 2. The zero-order chi connectivity index (χ0) is 42.9. The Kier molecular flexibility index (Phi) is 12.0. The van der Waals surface area contributed by atoms with Crippen molar-refractivity contribution in [1.29, 1.82) is 0 Å². The van der Waals surface area contributed by atoms with Crippen molar-refractivity contribution in [2.24, 2.45) is 0 Å². The lowest BCUT2D eigenvalue weighted by Crippen LogP contribution is -2.40. The zero-order valence-corrected chi connectivity index (χ0v) is 36.6. The van der Waals surface area contributed by atoms with E-state index in [0.717, 1.165) is 102 Å². The Morgan fingerprint density at radius 2 is 1.02 bits per heavy atom. The number of likely N-dealkylation sites (N-methyl/N-ethyl adjacent to an activating group) is 1. The number of nitrogens with zero attached hydrogens (tertiary/aromatic N) is 2. The van der Waals surface area contributed by atoms with E-state index in [1.54, 1.807) is 56.9 Å². The Bertz CT molecular complexity index is 2430. The third-order valence-electron chi connectivity index (χ3n) is 12.7. The summed E-state index contributed by atoms with van der Waals surface area (Å²) in [7, 11) is 15.4. The minimum absolute atomic E-state index is 0.190. The molecule has 5 aromatic carbocycles. The molecular formula is C49H56N2O10. The molecule has 0 saturated carbocycles. The van der Waals surface area contributed by atoms with Gasteiger partial charge in [0.2, 0.25) is 0 Å². The molecule has 0 spiro atoms. The molecule has 0 bridgehead atoms. The third-order valence-corrected chi connectivity index (χ3v) is 12.7. The number of hydrogen-bond acceptors (Lipinski definition) is 12. The topological polar surface area (TPSA) is 110 Å². The van der Waals surface area contributed by atoms with Gasteiger partial charge in [0.25, 0.3) is 0 Å². The maximum atomic E-state index is 10.9. The highest BCUT2D eigenvalue weighted by Crippen LogP contribution is 2.55. The minimum atomic E-state index is 0.190. The fourth-order valence-electron chi connectivity index (χ4n) is 9.75. The van der Waals surface area contributed by atoms with Crippen molar-refractivity contribution in [3.05, 3.63) is 94.0 Å². The number of phenolic OH excluding ortho intramolecular Hbond substituents is 1. The number of ether oxygens (including phenoxy) is 9. The van der Waals surface area contributed by atoms with Crippen LogP contribution in [0, 0.1) is 0 Å². The summed E-state index contributed by atoms with van der Waals surface area (Å²) in [4.78, 5) is 4.87. The van der Waals surface area contributed by atoms with Gasteiger partial charge in [-0.05, 0) is 126 Å². The fourth-order valence-corrected chi connectivity index (χ4v) is 9.75. The monoisotopic (exact) mass is 832 g/mol. The lowest BCUT2D eigenvalue weighted by molar-refractivity contribution is 0.146. The largest absolute Gasteiger partial charge is 0.504 e. The van der Waals surface area contributed by atoms with Crippen LogP contribution in [-0.2, 0) is 25.7 Å². The molecule has 2 aliphatic heterocycles. The summed E-state index contributed by atoms with van der Waals surface area (Å²) in [5.41, 5.74) is 11.5. The van der Waals surface area contributed by atoms with Crippen LogP contribution >= 0.6 is 0 Å². The number of aromatic hydroxyl groups is 1. The van der Waals surface area contributed by atoms with Crippen LogP contribution in [-0.4, -0.2) is 105 Å². The van der Waals surface area contributed by atoms with Crippen LogP contribution in [0.1, 0.15) is 45.5 Å². The number of methoxy groups -OCH3 is 8. The molecule has 12 nitrogen and oxygen atoms in total. The van der Waals surface area contributed by atoms with Gasteiger partial charge in [0.15, 0.2) is 57.5 Å². The van der Waals surface area contributed by atoms with Crippen LogP contribution in [0.5, 0.6) is 57.5 Å². The first-order chi connectivity index (χ1) is 29.7. The SMILES string of the molecule is COc1cc2c(cc1OC)-c1c(O)c(OC)cc3c1C(C2)N(C)CC3.COc1cc2c(cc1OC)-c1c(OC)c(OC)cc3c1C(C2)N(CCOc1ccccc1OC)CC3. The molecule has 4 aliphatic rings. The second-order valence-electron chi connectivity index (χ2n) is 15.6. The molecule has 2 atom stereocenters. The van der Waals surface area contributed by atoms with Crippen molar-refractivity contribution in [3.63, 3.8) is 0 Å². The number of fused-ring (bicyclic) bond motifs is 4. The summed E-state index contributed by atoms with van der Waals surface area (Å²) in [5.74, 6) is 6.54. The minimum Gasteiger partial charge on any atom is -0.504 e. The molecule has 0 radical (unpaired) electrons. The summed E-state index contributed by atoms with van der Waals surface area (Å²) in [5, 5.41) is 10.9. The average molecular weight is 833 g/mol. The van der Waals surface area contributed by atoms with Gasteiger partial charge >= 0.3 is 0 Å². The van der Waals surface area contributed by atoms with Crippen molar-refractivity contribution >= 4 is 0 Å². The van der Waals surface area contributed by atoms with Gasteiger partial charge < -0.3 is 47.7 Å². The first kappa shape index (κ1) is 41.7. The van der Waals surface area contributed by atoms with Gasteiger partial charge in [-0.2, -0.15) is 0 Å². The Hall–Kier alpha value is -5.98. The van der Waals surface area contributed by atoms with Crippen LogP contribution in [0.3, 0.4) is 0 Å². The predicted octanol–water partition coefficient (Wildman–Crippen LogP) is 8.10. The van der Waals surface area contributed by atoms with Gasteiger partial charge in [0.1, 0.15) is 6.61 Å². The van der Waals surface area contributed by atoms with E-state index in [2.05, 4.69) is 35.0 Å². The summed E-state index contributed by atoms with van der Waals surface area (Å²) >= 11 is 0.